The first-order valence-electron chi connectivity index (χ1n) is 45.0. The molecular formula is C105H103Cl4F5N16O5Si. The molecule has 18 aromatic rings. The maximum Gasteiger partial charge on any atom is 0.150 e. The topological polar surface area (TPSA) is 277 Å². The Balaban J connectivity index is 0.000000130. The van der Waals surface area contributed by atoms with Gasteiger partial charge in [-0.05, 0) is 186 Å². The molecule has 3 saturated carbocycles. The van der Waals surface area contributed by atoms with Crippen molar-refractivity contribution in [1.82, 2.24) is 73.9 Å². The van der Waals surface area contributed by atoms with Crippen LogP contribution in [0.5, 0.6) is 0 Å². The van der Waals surface area contributed by atoms with Crippen molar-refractivity contribution in [2.45, 2.75) is 160 Å². The van der Waals surface area contributed by atoms with E-state index >= 15 is 0 Å². The van der Waals surface area contributed by atoms with Crippen LogP contribution < -0.4 is 5.73 Å². The molecule has 8 aromatic carbocycles. The summed E-state index contributed by atoms with van der Waals surface area (Å²) in [5, 5.41) is 15.8. The predicted molar refractivity (Wildman–Crippen MR) is 530 cm³/mol. The van der Waals surface area contributed by atoms with E-state index < -0.39 is 11.9 Å². The monoisotopic (exact) mass is 1930 g/mol. The lowest BCUT2D eigenvalue weighted by Crippen LogP contribution is -2.33. The van der Waals surface area contributed by atoms with E-state index in [1.165, 1.54) is 134 Å². The third-order valence-corrected chi connectivity index (χ3v) is 28.5. The summed E-state index contributed by atoms with van der Waals surface area (Å²) in [7, 11) is -0.171. The third kappa shape index (κ3) is 27.1. The number of ether oxygens (including phenoxy) is 3. The molecule has 700 valence electrons. The van der Waals surface area contributed by atoms with Gasteiger partial charge in [0.15, 0.2) is 0 Å². The van der Waals surface area contributed by atoms with Crippen LogP contribution in [0.4, 0.5) is 27.8 Å². The van der Waals surface area contributed by atoms with Gasteiger partial charge >= 0.3 is 0 Å². The van der Waals surface area contributed by atoms with Crippen molar-refractivity contribution in [3.8, 4) is 0 Å². The molecule has 31 heteroatoms. The number of H-pyrrole nitrogens is 3. The zero-order valence-electron chi connectivity index (χ0n) is 75.3. The van der Waals surface area contributed by atoms with Gasteiger partial charge in [-0.2, -0.15) is 0 Å². The number of aromatic amines is 3. The van der Waals surface area contributed by atoms with E-state index in [4.69, 9.17) is 66.3 Å². The van der Waals surface area contributed by atoms with Crippen molar-refractivity contribution in [2.24, 2.45) is 5.92 Å². The van der Waals surface area contributed by atoms with E-state index in [1.807, 2.05) is 72.9 Å². The van der Waals surface area contributed by atoms with Crippen molar-refractivity contribution in [3.05, 3.63) is 397 Å². The summed E-state index contributed by atoms with van der Waals surface area (Å²) in [6, 6.07) is 68.9. The first-order chi connectivity index (χ1) is 66.1. The Bertz CT molecular complexity index is 6690. The van der Waals surface area contributed by atoms with Crippen molar-refractivity contribution < 1.29 is 46.1 Å². The second-order valence-corrected chi connectivity index (χ2v) is 39.0. The summed E-state index contributed by atoms with van der Waals surface area (Å²) in [6.07, 6.45) is 25.1. The number of carbonyl (C=O) groups is 1. The molecule has 21 nitrogen and oxygen atoms in total. The quantitative estimate of drug-likeness (QED) is 0.0172. The van der Waals surface area contributed by atoms with E-state index in [1.54, 1.807) is 60.9 Å². The number of aliphatic hydroxyl groups excluding tert-OH is 1. The highest BCUT2D eigenvalue weighted by Gasteiger charge is 2.35. The predicted octanol–water partition coefficient (Wildman–Crippen LogP) is 25.1. The molecule has 0 spiro atoms. The van der Waals surface area contributed by atoms with E-state index in [9.17, 15) is 31.9 Å². The maximum atomic E-state index is 13.6. The van der Waals surface area contributed by atoms with Crippen molar-refractivity contribution >= 4 is 122 Å². The number of nitrogens with two attached hydrogens (primary N) is 1. The second-order valence-electron chi connectivity index (χ2n) is 33.4. The lowest BCUT2D eigenvalue weighted by atomic mass is 9.84. The minimum Gasteiger partial charge on any atom is -0.384 e. The Morgan fingerprint density at radius 1 is 0.426 bits per heavy atom. The molecule has 136 heavy (non-hydrogen) atoms. The lowest BCUT2D eigenvalue weighted by molar-refractivity contribution is -0.0352. The number of carbonyl (C=O) groups excluding carboxylic acids is 1. The smallest absolute Gasteiger partial charge is 0.150 e. The number of hydrogen-bond acceptors (Lipinski definition) is 16. The molecule has 0 saturated heterocycles. The van der Waals surface area contributed by atoms with E-state index in [-0.39, 0.29) is 49.4 Å². The van der Waals surface area contributed by atoms with Gasteiger partial charge in [0, 0.05) is 63.0 Å². The van der Waals surface area contributed by atoms with Crippen molar-refractivity contribution in [2.75, 3.05) is 5.73 Å². The fourth-order valence-electron chi connectivity index (χ4n) is 16.3. The van der Waals surface area contributed by atoms with Crippen LogP contribution in [-0.4, -0.2) is 112 Å². The Labute approximate surface area is 806 Å². The molecule has 10 aromatic heterocycles. The summed E-state index contributed by atoms with van der Waals surface area (Å²) in [5.74, 6) is -0.163. The number of halogens is 9. The highest BCUT2D eigenvalue weighted by molar-refractivity contribution is 6.58. The fourth-order valence-corrected chi connectivity index (χ4v) is 19.0. The van der Waals surface area contributed by atoms with Crippen LogP contribution in [0.3, 0.4) is 0 Å². The van der Waals surface area contributed by atoms with Crippen LogP contribution in [-0.2, 0) is 53.3 Å². The molecule has 6 N–H and O–H groups in total. The largest absolute Gasteiger partial charge is 0.384 e. The third-order valence-electron chi connectivity index (χ3n) is 23.9. The number of aliphatic hydroxyl groups is 1. The Morgan fingerprint density at radius 3 is 1.28 bits per heavy atom. The Kier molecular flexibility index (Phi) is 35.8. The van der Waals surface area contributed by atoms with Gasteiger partial charge < -0.3 is 49.1 Å². The fraction of sp³-hybridized carbons (Fsp3) is 0.248. The van der Waals surface area contributed by atoms with Gasteiger partial charge in [-0.3, -0.25) is 4.79 Å². The number of benzene rings is 8. The number of aldehydes is 1. The number of aromatic nitrogens is 15. The molecule has 3 fully saturated rings. The normalized spacial score (nSPS) is 15.8. The number of nitrogens with one attached hydrogen (secondary N) is 3. The van der Waals surface area contributed by atoms with E-state index in [0.29, 0.717) is 112 Å². The molecule has 0 aliphatic heterocycles. The van der Waals surface area contributed by atoms with Crippen LogP contribution in [0.1, 0.15) is 156 Å². The first-order valence-corrected chi connectivity index (χ1v) is 48.9. The van der Waals surface area contributed by atoms with Crippen molar-refractivity contribution in [3.63, 3.8) is 0 Å². The van der Waals surface area contributed by atoms with Crippen LogP contribution in [0.25, 0.3) is 55.2 Å². The van der Waals surface area contributed by atoms with Crippen molar-refractivity contribution in [1.29, 1.82) is 0 Å². The molecule has 3 aliphatic rings. The average molecular weight is 1930 g/mol. The maximum absolute atomic E-state index is 13.6. The SMILES string of the molecule is CC1CC(OCc2ccccc2)C1.CC[SiH](CC)CC.Clc1ncnc2[nH]ccc12.Fc1cccc(Cc2c[nH]c3ncnc(Cl)c23)c1.Fc1cccc(Cc2cn(C3CC(OCc4ccccc4)C3)c3ncnc(Cl)c23)c1.Nc1ncnc2c1c(Cc1cccc(F)c1)cn2C1CC(OCc2ccccc2)C1.O=Cc1cccc(F)c1.OC(c1cccc(F)c1)c1c[nH]c2ncnc(Cl)c12. The van der Waals surface area contributed by atoms with Gasteiger partial charge in [0.1, 0.15) is 128 Å². The number of rotatable bonds is 23. The molecule has 10 heterocycles. The minimum atomic E-state index is -0.993. The average Bonchev–Trinajstić information content (AvgIpc) is 1.61. The highest BCUT2D eigenvalue weighted by Crippen LogP contribution is 2.42. The van der Waals surface area contributed by atoms with Gasteiger partial charge in [-0.15, -0.1) is 0 Å². The summed E-state index contributed by atoms with van der Waals surface area (Å²) in [6.45, 7) is 11.3. The van der Waals surface area contributed by atoms with Crippen LogP contribution in [0, 0.1) is 35.0 Å². The standard InChI is InChI=1S/C24H21ClFN3O.C24H23FN4O.C13H9ClFN3O.C13H9ClFN3.C12H16O.C7H5FO.C6H4ClN3.C6H16Si/c25-23-22-18(9-17-7-4-8-19(26)10-17)13-29(24(22)28-15-27-23)20-11-21(12-20)30-14-16-5-2-1-3-6-16;25-19-8-4-7-17(10-19)9-18-13-29(24-22(18)23(26)27-15-28-24)20-11-21(12-20)30-14-16-5-2-1-3-6-16;14-12-10-9(5-16-13(10)18-6-17-12)11(19)7-2-1-3-8(15)4-7;14-12-11-9(6-16-13(11)18-7-17-12)4-8-2-1-3-10(15)5-8;1-10-7-12(8-10)13-9-11-5-3-2-4-6-11;8-7-3-1-2-6(4-7)5-9;7-5-4-1-2-8-6(4)10-3-9-5;1-4-7(5-2)6-3/h1-8,10,13,15,20-21H,9,11-12,14H2;1-8,10,13,15,20-21H,9,11-12,14H2,(H2,26,27,28);1-6,11,19H,(H,16,17,18);1-3,5-7H,4H2,(H,16,17,18);2-6,10,12H,7-9H2,1H3;1-5H;1-3H,(H,8,9,10);7H,4-6H2,1-3H3. The second kappa shape index (κ2) is 49.1. The zero-order valence-corrected chi connectivity index (χ0v) is 79.5. The van der Waals surface area contributed by atoms with Gasteiger partial charge in [-0.1, -0.05) is 244 Å². The van der Waals surface area contributed by atoms with Gasteiger partial charge in [-0.25, -0.2) is 71.8 Å². The molecule has 3 aliphatic carbocycles. The number of nitrogen functional groups attached to an aromatic ring is 1. The molecule has 1 unspecified atom stereocenters. The van der Waals surface area contributed by atoms with Gasteiger partial charge in [0.05, 0.1) is 65.1 Å². The molecule has 21 rings (SSSR count). The molecular weight excluding hydrogens is 1830 g/mol. The molecule has 0 radical (unpaired) electrons. The van der Waals surface area contributed by atoms with Gasteiger partial charge in [0.2, 0.25) is 0 Å². The summed E-state index contributed by atoms with van der Waals surface area (Å²) >= 11 is 24.2. The Morgan fingerprint density at radius 2 is 0.824 bits per heavy atom. The summed E-state index contributed by atoms with van der Waals surface area (Å²) in [5.41, 5.74) is 20.5. The summed E-state index contributed by atoms with van der Waals surface area (Å²) < 4.78 is 88.0. The number of fused-ring (bicyclic) bond motifs is 5. The number of hydrogen-bond donors (Lipinski definition) is 5. The first kappa shape index (κ1) is 99.2. The number of anilines is 1. The lowest BCUT2D eigenvalue weighted by Gasteiger charge is -2.36. The van der Waals surface area contributed by atoms with Crippen LogP contribution >= 0.6 is 46.4 Å². The number of nitrogens with zero attached hydrogens (tertiary/aromatic N) is 12. The molecule has 1 atom stereocenters. The zero-order chi connectivity index (χ0) is 95.4. The van der Waals surface area contributed by atoms with Crippen LogP contribution in [0.15, 0.2) is 281 Å². The minimum absolute atomic E-state index is 0.171. The summed E-state index contributed by atoms with van der Waals surface area (Å²) in [4.78, 5) is 59.9. The van der Waals surface area contributed by atoms with E-state index in [2.05, 4.69) is 163 Å². The van der Waals surface area contributed by atoms with Gasteiger partial charge in [0.25, 0.3) is 0 Å². The molecule has 0 amide bonds. The van der Waals surface area contributed by atoms with Crippen LogP contribution in [0.2, 0.25) is 38.7 Å². The highest BCUT2D eigenvalue weighted by atomic mass is 35.5. The van der Waals surface area contributed by atoms with E-state index in [0.717, 1.165) is 110 Å². The molecule has 0 bridgehead atoms. The Hall–Kier alpha value is -12.8.